The van der Waals surface area contributed by atoms with Crippen molar-refractivity contribution in [3.63, 3.8) is 0 Å². The topological polar surface area (TPSA) is 17.8 Å². The molecule has 7 aromatic rings. The summed E-state index contributed by atoms with van der Waals surface area (Å²) in [5, 5.41) is 5.26. The SMILES string of the molecule is BC1=C(B)C2C(=C1B)C(c1ccc(-c3nc4ccccc4n3-c3ccc4ccccc4c3)cc1)=c1c(B)c(B)c(B)c(B)c1=C2Cc1c(B)c(B)c(B)c(B)c1/C(B)=C(/B)C#C. The number of benzene rings is 6. The van der Waals surface area contributed by atoms with Crippen LogP contribution in [0.2, 0.25) is 0 Å². The molecular weight excluding hydrogens is 733 g/mol. The van der Waals surface area contributed by atoms with Gasteiger partial charge in [0.15, 0.2) is 0 Å². The first-order chi connectivity index (χ1) is 29.7. The van der Waals surface area contributed by atoms with E-state index in [2.05, 4.69) is 203 Å². The van der Waals surface area contributed by atoms with Gasteiger partial charge in [0, 0.05) is 17.2 Å². The van der Waals surface area contributed by atoms with Crippen molar-refractivity contribution in [1.29, 1.82) is 0 Å². The number of terminal acetylenes is 1. The lowest BCUT2D eigenvalue weighted by Crippen LogP contribution is -2.66. The van der Waals surface area contributed by atoms with E-state index in [0.717, 1.165) is 40.0 Å². The second kappa shape index (κ2) is 15.6. The first-order valence-corrected chi connectivity index (χ1v) is 22.2. The van der Waals surface area contributed by atoms with E-state index in [0.29, 0.717) is 0 Å². The summed E-state index contributed by atoms with van der Waals surface area (Å²) in [6.07, 6.45) is 6.96. The van der Waals surface area contributed by atoms with Gasteiger partial charge in [0.25, 0.3) is 0 Å². The lowest BCUT2D eigenvalue weighted by atomic mass is 9.58. The van der Waals surface area contributed by atoms with Crippen LogP contribution in [-0.4, -0.2) is 112 Å². The minimum atomic E-state index is 0.168. The Hall–Kier alpha value is -5.59. The molecule has 0 fully saturated rings. The van der Waals surface area contributed by atoms with Crippen LogP contribution in [0.4, 0.5) is 0 Å². The molecule has 282 valence electrons. The molecule has 2 aliphatic rings. The van der Waals surface area contributed by atoms with Crippen LogP contribution in [0.25, 0.3) is 55.5 Å². The number of para-hydroxylation sites is 2. The Morgan fingerprint density at radius 1 is 0.613 bits per heavy atom. The number of hydrogen-bond donors (Lipinski definition) is 0. The minimum absolute atomic E-state index is 0.168. The molecule has 0 bridgehead atoms. The van der Waals surface area contributed by atoms with Gasteiger partial charge in [0.05, 0.1) is 11.0 Å². The number of nitrogens with zero attached hydrogens (tertiary/aromatic N) is 2. The molecule has 9 rings (SSSR count). The molecule has 0 amide bonds. The second-order valence-corrected chi connectivity index (χ2v) is 18.2. The fourth-order valence-corrected chi connectivity index (χ4v) is 10.9. The standard InChI is InChI=1S/C47H45B13N2/c1-2-26(48)36(50)32-25(35(49)42(56)45(59)39(32)53)18-24-30-33(40(54)43(57)37(30)51)29(34-31(24)38(52)44(58)46(60)41(34)55)20-11-13-21(14-12-20)47-61-27-9-5-6-10-28(27)62(47)23-16-15-19-7-3-4-8-22(19)17-23/h1,3-17,30H,18,48-60H2/b36-26-. The Morgan fingerprint density at radius 3 is 1.90 bits per heavy atom. The minimum Gasteiger partial charge on any atom is -0.292 e. The van der Waals surface area contributed by atoms with E-state index >= 15 is 0 Å². The zero-order valence-corrected chi connectivity index (χ0v) is 38.9. The van der Waals surface area contributed by atoms with E-state index in [1.54, 1.807) is 0 Å². The van der Waals surface area contributed by atoms with E-state index in [1.165, 1.54) is 120 Å². The number of fused-ring (bicyclic) bond motifs is 4. The van der Waals surface area contributed by atoms with Gasteiger partial charge in [0.2, 0.25) is 0 Å². The molecule has 0 aliphatic heterocycles. The van der Waals surface area contributed by atoms with Crippen LogP contribution >= 0.6 is 0 Å². The van der Waals surface area contributed by atoms with Crippen molar-refractivity contribution in [2.75, 3.05) is 0 Å². The first kappa shape index (κ1) is 41.8. The maximum Gasteiger partial charge on any atom is 0.149 e. The molecule has 0 spiro atoms. The Kier molecular flexibility index (Phi) is 10.5. The third-order valence-electron chi connectivity index (χ3n) is 15.5. The number of aromatic nitrogens is 2. The van der Waals surface area contributed by atoms with Crippen molar-refractivity contribution in [3.05, 3.63) is 146 Å². The number of allylic oxidation sites excluding steroid dienone is 5. The van der Waals surface area contributed by atoms with Crippen LogP contribution in [0.1, 0.15) is 16.7 Å². The highest BCUT2D eigenvalue weighted by molar-refractivity contribution is 6.65. The predicted octanol–water partition coefficient (Wildman–Crippen LogP) is -9.92. The quantitative estimate of drug-likeness (QED) is 0.121. The number of imidazole rings is 1. The van der Waals surface area contributed by atoms with Gasteiger partial charge < -0.3 is 0 Å². The second-order valence-electron chi connectivity index (χ2n) is 18.2. The monoisotopic (exact) mass is 780 g/mol. The molecule has 2 nitrogen and oxygen atoms in total. The fourth-order valence-electron chi connectivity index (χ4n) is 10.9. The predicted molar refractivity (Wildman–Crippen MR) is 307 cm³/mol. The molecule has 1 atom stereocenters. The molecule has 0 saturated heterocycles. The summed E-state index contributed by atoms with van der Waals surface area (Å²) in [5.41, 5.74) is 30.0. The molecule has 6 aromatic carbocycles. The zero-order chi connectivity index (χ0) is 44.0. The Labute approximate surface area is 379 Å². The van der Waals surface area contributed by atoms with Gasteiger partial charge in [-0.25, -0.2) is 4.98 Å². The summed E-state index contributed by atoms with van der Waals surface area (Å²) in [6.45, 7) is 0. The molecule has 0 radical (unpaired) electrons. The van der Waals surface area contributed by atoms with E-state index < -0.39 is 0 Å². The molecule has 0 N–H and O–H groups in total. The number of hydrogen-bond acceptors (Lipinski definition) is 1. The number of rotatable bonds is 6. The Bertz CT molecular complexity index is 3430. The van der Waals surface area contributed by atoms with Gasteiger partial charge in [-0.3, -0.25) is 4.57 Å². The van der Waals surface area contributed by atoms with Gasteiger partial charge in [-0.2, -0.15) is 0 Å². The fraction of sp³-hybridized carbons (Fsp3) is 0.0426. The summed E-state index contributed by atoms with van der Waals surface area (Å²) in [6, 6.07) is 33.1. The van der Waals surface area contributed by atoms with Gasteiger partial charge in [0.1, 0.15) is 108 Å². The lowest BCUT2D eigenvalue weighted by molar-refractivity contribution is 0.960. The molecular formula is C47H45B13N2. The molecule has 2 aliphatic carbocycles. The van der Waals surface area contributed by atoms with E-state index in [9.17, 15) is 0 Å². The maximum absolute atomic E-state index is 6.10. The highest BCUT2D eigenvalue weighted by atomic mass is 15.1. The Balaban J connectivity index is 1.33. The van der Waals surface area contributed by atoms with Crippen LogP contribution in [-0.2, 0) is 6.42 Å². The molecule has 1 aromatic heterocycles. The van der Waals surface area contributed by atoms with Crippen molar-refractivity contribution >= 4 is 184 Å². The molecule has 1 heterocycles. The largest absolute Gasteiger partial charge is 0.292 e. The van der Waals surface area contributed by atoms with Crippen molar-refractivity contribution in [2.24, 2.45) is 5.92 Å². The summed E-state index contributed by atoms with van der Waals surface area (Å²) in [5.74, 6) is 4.10. The van der Waals surface area contributed by atoms with Crippen molar-refractivity contribution in [3.8, 4) is 29.4 Å². The highest BCUT2D eigenvalue weighted by Gasteiger charge is 2.37. The molecule has 15 heteroatoms. The average Bonchev–Trinajstić information content (AvgIpc) is 3.78. The molecule has 1 unspecified atom stereocenters. The normalized spacial score (nSPS) is 15.2. The van der Waals surface area contributed by atoms with Crippen LogP contribution in [0, 0.1) is 18.3 Å². The average molecular weight is 778 g/mol. The van der Waals surface area contributed by atoms with Crippen molar-refractivity contribution in [2.45, 2.75) is 6.42 Å². The third kappa shape index (κ3) is 6.27. The molecule has 0 saturated carbocycles. The van der Waals surface area contributed by atoms with Crippen LogP contribution < -0.4 is 54.1 Å². The van der Waals surface area contributed by atoms with Gasteiger partial charge in [-0.1, -0.05) is 105 Å². The first-order valence-electron chi connectivity index (χ1n) is 22.2. The highest BCUT2D eigenvalue weighted by Crippen LogP contribution is 2.46. The lowest BCUT2D eigenvalue weighted by Gasteiger charge is -2.33. The summed E-state index contributed by atoms with van der Waals surface area (Å²) in [4.78, 5) is 5.28. The Morgan fingerprint density at radius 2 is 1.21 bits per heavy atom. The smallest absolute Gasteiger partial charge is 0.149 e. The van der Waals surface area contributed by atoms with Gasteiger partial charge in [-0.15, -0.1) is 39.2 Å². The van der Waals surface area contributed by atoms with Gasteiger partial charge in [-0.05, 0) is 90.8 Å². The van der Waals surface area contributed by atoms with Crippen LogP contribution in [0.5, 0.6) is 0 Å². The summed E-state index contributed by atoms with van der Waals surface area (Å²) in [7, 11) is 30.0. The van der Waals surface area contributed by atoms with Crippen LogP contribution in [0.15, 0.2) is 118 Å². The zero-order valence-electron chi connectivity index (χ0n) is 38.9. The van der Waals surface area contributed by atoms with Crippen LogP contribution in [0.3, 0.4) is 0 Å². The van der Waals surface area contributed by atoms with E-state index in [-0.39, 0.29) is 5.92 Å². The van der Waals surface area contributed by atoms with Gasteiger partial charge >= 0.3 is 0 Å². The summed E-state index contributed by atoms with van der Waals surface area (Å²) >= 11 is 0. The maximum atomic E-state index is 6.10. The van der Waals surface area contributed by atoms with E-state index in [4.69, 9.17) is 11.4 Å². The summed E-state index contributed by atoms with van der Waals surface area (Å²) < 4.78 is 2.32. The van der Waals surface area contributed by atoms with Crippen molar-refractivity contribution < 1.29 is 0 Å². The van der Waals surface area contributed by atoms with E-state index in [1.807, 2.05) is 0 Å². The van der Waals surface area contributed by atoms with Crippen molar-refractivity contribution in [1.82, 2.24) is 9.55 Å². The third-order valence-corrected chi connectivity index (χ3v) is 15.5. The molecule has 62 heavy (non-hydrogen) atoms.